The van der Waals surface area contributed by atoms with Crippen molar-refractivity contribution in [2.75, 3.05) is 19.7 Å². The summed E-state index contributed by atoms with van der Waals surface area (Å²) in [7, 11) is 0. The summed E-state index contributed by atoms with van der Waals surface area (Å²) in [6.07, 6.45) is 8.21. The van der Waals surface area contributed by atoms with Crippen molar-refractivity contribution in [1.29, 1.82) is 0 Å². The maximum Gasteiger partial charge on any atom is 0.131 e. The number of hydrogen-bond donors (Lipinski definition) is 0. The van der Waals surface area contributed by atoms with E-state index in [4.69, 9.17) is 11.2 Å². The maximum atomic E-state index is 5.87. The number of benzene rings is 1. The van der Waals surface area contributed by atoms with Gasteiger partial charge in [0.2, 0.25) is 0 Å². The second-order valence-electron chi connectivity index (χ2n) is 10.1. The van der Waals surface area contributed by atoms with E-state index < -0.39 is 0 Å². The van der Waals surface area contributed by atoms with Crippen LogP contribution in [0.1, 0.15) is 49.0 Å². The van der Waals surface area contributed by atoms with Gasteiger partial charge in [0.1, 0.15) is 17.1 Å². The first kappa shape index (κ1) is 27.0. The van der Waals surface area contributed by atoms with Gasteiger partial charge in [-0.15, -0.1) is 11.5 Å². The molecule has 1 aromatic carbocycles. The number of likely N-dealkylation sites (tertiary alicyclic amines) is 1. The number of terminal acetylenes is 1. The Bertz CT molecular complexity index is 1370. The van der Waals surface area contributed by atoms with Crippen LogP contribution in [0.3, 0.4) is 0 Å². The molecule has 1 fully saturated rings. The van der Waals surface area contributed by atoms with Crippen molar-refractivity contribution in [2.24, 2.45) is 5.92 Å². The number of rotatable bonds is 7. The molecular weight excluding hydrogens is 472 g/mol. The van der Waals surface area contributed by atoms with Crippen LogP contribution >= 0.6 is 0 Å². The van der Waals surface area contributed by atoms with Gasteiger partial charge in [-0.05, 0) is 68.1 Å². The molecule has 7 nitrogen and oxygen atoms in total. The number of aromatic nitrogens is 5. The highest BCUT2D eigenvalue weighted by atomic mass is 16.5. The molecule has 196 valence electrons. The Morgan fingerprint density at radius 1 is 1.00 bits per heavy atom. The molecule has 5 rings (SSSR count). The molecule has 1 saturated heterocycles. The molecule has 1 aliphatic rings. The van der Waals surface area contributed by atoms with Gasteiger partial charge < -0.3 is 4.74 Å². The van der Waals surface area contributed by atoms with Crippen LogP contribution < -0.4 is 4.74 Å². The predicted molar refractivity (Wildman–Crippen MR) is 151 cm³/mol. The van der Waals surface area contributed by atoms with Gasteiger partial charge in [-0.25, -0.2) is 9.67 Å². The third kappa shape index (κ3) is 7.74. The molecule has 0 N–H and O–H groups in total. The minimum absolute atomic E-state index is 0.349. The molecule has 0 radical (unpaired) electrons. The van der Waals surface area contributed by atoms with Crippen molar-refractivity contribution in [3.8, 4) is 29.5 Å². The molecule has 7 heteroatoms. The van der Waals surface area contributed by atoms with Crippen LogP contribution in [0, 0.1) is 32.1 Å². The molecule has 1 unspecified atom stereocenters. The van der Waals surface area contributed by atoms with E-state index in [1.54, 1.807) is 0 Å². The molecule has 0 aliphatic carbocycles. The minimum Gasteiger partial charge on any atom is -0.493 e. The highest BCUT2D eigenvalue weighted by molar-refractivity contribution is 5.52. The molecule has 0 amide bonds. The summed E-state index contributed by atoms with van der Waals surface area (Å²) in [6, 6.07) is 20.4. The lowest BCUT2D eigenvalue weighted by molar-refractivity contribution is 0.269. The SMILES string of the molecule is C#Cc1cccc(C)n1.Cc1cccc(-c2cn(C3CCN(Cc4cccc(OCC(C)C)c4)C3)nn2)n1. The molecule has 38 heavy (non-hydrogen) atoms. The van der Waals surface area contributed by atoms with Crippen molar-refractivity contribution in [1.82, 2.24) is 29.9 Å². The molecule has 3 aromatic heterocycles. The van der Waals surface area contributed by atoms with E-state index in [2.05, 4.69) is 63.1 Å². The highest BCUT2D eigenvalue weighted by Gasteiger charge is 2.25. The topological polar surface area (TPSA) is 69.0 Å². The number of nitrogens with zero attached hydrogens (tertiary/aromatic N) is 6. The normalized spacial score (nSPS) is 15.1. The summed E-state index contributed by atoms with van der Waals surface area (Å²) in [6.45, 7) is 11.9. The van der Waals surface area contributed by atoms with E-state index in [9.17, 15) is 0 Å². The third-order valence-corrected chi connectivity index (χ3v) is 6.21. The fraction of sp³-hybridized carbons (Fsp3) is 0.355. The van der Waals surface area contributed by atoms with Gasteiger partial charge >= 0.3 is 0 Å². The second-order valence-corrected chi connectivity index (χ2v) is 10.1. The van der Waals surface area contributed by atoms with Crippen molar-refractivity contribution in [3.05, 3.63) is 89.5 Å². The van der Waals surface area contributed by atoms with Crippen molar-refractivity contribution in [2.45, 2.75) is 46.7 Å². The van der Waals surface area contributed by atoms with Gasteiger partial charge in [-0.2, -0.15) is 0 Å². The van der Waals surface area contributed by atoms with E-state index in [0.717, 1.165) is 61.2 Å². The van der Waals surface area contributed by atoms with Gasteiger partial charge in [-0.3, -0.25) is 9.88 Å². The monoisotopic (exact) mass is 508 g/mol. The summed E-state index contributed by atoms with van der Waals surface area (Å²) in [5.41, 5.74) is 5.66. The summed E-state index contributed by atoms with van der Waals surface area (Å²) in [5, 5.41) is 8.72. The Labute approximate surface area is 225 Å². The first-order valence-electron chi connectivity index (χ1n) is 13.1. The first-order chi connectivity index (χ1) is 18.4. The van der Waals surface area contributed by atoms with Crippen LogP contribution in [-0.4, -0.2) is 49.6 Å². The van der Waals surface area contributed by atoms with E-state index in [1.807, 2.05) is 67.2 Å². The second kappa shape index (κ2) is 13.0. The van der Waals surface area contributed by atoms with Crippen LogP contribution in [0.5, 0.6) is 5.75 Å². The summed E-state index contributed by atoms with van der Waals surface area (Å²) in [4.78, 5) is 11.1. The standard InChI is InChI=1S/C23H29N5O.C8H7N/c1-17(2)16-29-21-8-5-7-19(12-21)13-27-11-10-20(14-27)28-15-23(25-26-28)22-9-4-6-18(3)24-22;1-3-8-6-4-5-7(2)9-8/h4-9,12,15,17,20H,10-11,13-14,16H2,1-3H3;1,4-6H,2H3. The van der Waals surface area contributed by atoms with Crippen molar-refractivity contribution < 1.29 is 4.74 Å². The number of pyridine rings is 2. The Hall–Kier alpha value is -4.02. The predicted octanol–water partition coefficient (Wildman–Crippen LogP) is 5.50. The van der Waals surface area contributed by atoms with Gasteiger partial charge in [0.25, 0.3) is 0 Å². The van der Waals surface area contributed by atoms with Gasteiger partial charge in [0, 0.05) is 31.0 Å². The molecule has 0 spiro atoms. The lowest BCUT2D eigenvalue weighted by Crippen LogP contribution is -2.21. The summed E-state index contributed by atoms with van der Waals surface area (Å²) >= 11 is 0. The van der Waals surface area contributed by atoms with E-state index >= 15 is 0 Å². The van der Waals surface area contributed by atoms with Crippen molar-refractivity contribution in [3.63, 3.8) is 0 Å². The van der Waals surface area contributed by atoms with Crippen LogP contribution in [-0.2, 0) is 6.54 Å². The number of aryl methyl sites for hydroxylation is 2. The van der Waals surface area contributed by atoms with E-state index in [1.165, 1.54) is 5.56 Å². The zero-order valence-corrected chi connectivity index (χ0v) is 22.7. The minimum atomic E-state index is 0.349. The fourth-order valence-electron chi connectivity index (χ4n) is 4.31. The average Bonchev–Trinajstić information content (AvgIpc) is 3.58. The largest absolute Gasteiger partial charge is 0.493 e. The molecule has 4 aromatic rings. The summed E-state index contributed by atoms with van der Waals surface area (Å²) in [5.74, 6) is 3.94. The first-order valence-corrected chi connectivity index (χ1v) is 13.1. The fourth-order valence-corrected chi connectivity index (χ4v) is 4.31. The Morgan fingerprint density at radius 2 is 1.76 bits per heavy atom. The molecule has 0 bridgehead atoms. The molecular formula is C31H36N6O. The summed E-state index contributed by atoms with van der Waals surface area (Å²) < 4.78 is 7.87. The Balaban J connectivity index is 0.000000317. The number of hydrogen-bond acceptors (Lipinski definition) is 6. The zero-order valence-electron chi connectivity index (χ0n) is 22.7. The van der Waals surface area contributed by atoms with Gasteiger partial charge in [0.15, 0.2) is 0 Å². The lowest BCUT2D eigenvalue weighted by Gasteiger charge is -2.17. The van der Waals surface area contributed by atoms with Crippen LogP contribution in [0.2, 0.25) is 0 Å². The lowest BCUT2D eigenvalue weighted by atomic mass is 10.2. The molecule has 4 heterocycles. The van der Waals surface area contributed by atoms with Crippen molar-refractivity contribution >= 4 is 0 Å². The van der Waals surface area contributed by atoms with Crippen LogP contribution in [0.4, 0.5) is 0 Å². The smallest absolute Gasteiger partial charge is 0.131 e. The van der Waals surface area contributed by atoms with E-state index in [-0.39, 0.29) is 0 Å². The molecule has 1 aliphatic heterocycles. The Kier molecular flexibility index (Phi) is 9.23. The molecule has 0 saturated carbocycles. The zero-order chi connectivity index (χ0) is 26.9. The van der Waals surface area contributed by atoms with Gasteiger partial charge in [0.05, 0.1) is 24.5 Å². The Morgan fingerprint density at radius 3 is 2.47 bits per heavy atom. The average molecular weight is 509 g/mol. The quantitative estimate of drug-likeness (QED) is 0.307. The van der Waals surface area contributed by atoms with E-state index in [0.29, 0.717) is 17.7 Å². The maximum absolute atomic E-state index is 5.87. The molecule has 1 atom stereocenters. The highest BCUT2D eigenvalue weighted by Crippen LogP contribution is 2.25. The number of ether oxygens (including phenoxy) is 1. The van der Waals surface area contributed by atoms with Crippen LogP contribution in [0.25, 0.3) is 11.4 Å². The third-order valence-electron chi connectivity index (χ3n) is 6.21. The van der Waals surface area contributed by atoms with Gasteiger partial charge in [-0.1, -0.05) is 49.2 Å². The van der Waals surface area contributed by atoms with Crippen LogP contribution in [0.15, 0.2) is 66.9 Å².